The van der Waals surface area contributed by atoms with E-state index < -0.39 is 0 Å². The Labute approximate surface area is 179 Å². The van der Waals surface area contributed by atoms with Crippen molar-refractivity contribution in [1.29, 1.82) is 0 Å². The van der Waals surface area contributed by atoms with Crippen molar-refractivity contribution in [2.24, 2.45) is 0 Å². The summed E-state index contributed by atoms with van der Waals surface area (Å²) in [6, 6.07) is 23.5. The van der Waals surface area contributed by atoms with Gasteiger partial charge in [-0.15, -0.1) is 0 Å². The quantitative estimate of drug-likeness (QED) is 0.581. The van der Waals surface area contributed by atoms with Crippen LogP contribution in [0.5, 0.6) is 5.75 Å². The summed E-state index contributed by atoms with van der Waals surface area (Å²) in [4.78, 5) is 0. The molecule has 0 saturated carbocycles. The predicted octanol–water partition coefficient (Wildman–Crippen LogP) is 5.86. The van der Waals surface area contributed by atoms with Crippen LogP contribution in [0.4, 0.5) is 0 Å². The second-order valence-electron chi connectivity index (χ2n) is 8.35. The Balaban J connectivity index is 1.51. The molecule has 1 aliphatic heterocycles. The minimum Gasteiger partial charge on any atom is -0.497 e. The highest BCUT2D eigenvalue weighted by Crippen LogP contribution is 2.33. The van der Waals surface area contributed by atoms with Gasteiger partial charge in [-0.05, 0) is 72.2 Å². The van der Waals surface area contributed by atoms with Crippen LogP contribution in [0, 0.1) is 6.92 Å². The van der Waals surface area contributed by atoms with E-state index in [1.54, 1.807) is 7.11 Å². The van der Waals surface area contributed by atoms with Crippen LogP contribution < -0.4 is 4.74 Å². The summed E-state index contributed by atoms with van der Waals surface area (Å²) < 4.78 is 11.3. The second-order valence-corrected chi connectivity index (χ2v) is 8.35. The largest absolute Gasteiger partial charge is 0.497 e. The summed E-state index contributed by atoms with van der Waals surface area (Å²) >= 11 is 0. The molecule has 3 unspecified atom stereocenters. The maximum absolute atomic E-state index is 10.1. The Hall–Kier alpha value is -2.62. The molecule has 0 bridgehead atoms. The van der Waals surface area contributed by atoms with Gasteiger partial charge in [0.2, 0.25) is 0 Å². The molecule has 1 N–H and O–H groups in total. The Kier molecular flexibility index (Phi) is 6.21. The standard InChI is InChI=1S/C27H30O3/c1-18-4-7-23(27-17-25(28)14-19(2)30-27)16-24(18)15-20-5-8-21(9-6-20)22-10-12-26(29-3)13-11-22/h4-13,16,19,25,27-28H,14-15,17H2,1-3H3. The van der Waals surface area contributed by atoms with Crippen LogP contribution in [-0.2, 0) is 11.2 Å². The van der Waals surface area contributed by atoms with E-state index in [9.17, 15) is 5.11 Å². The molecule has 3 aromatic carbocycles. The molecule has 0 amide bonds. The highest BCUT2D eigenvalue weighted by molar-refractivity contribution is 5.64. The third-order valence-electron chi connectivity index (χ3n) is 6.00. The minimum absolute atomic E-state index is 0.0273. The van der Waals surface area contributed by atoms with Crippen molar-refractivity contribution in [3.63, 3.8) is 0 Å². The van der Waals surface area contributed by atoms with Gasteiger partial charge in [-0.25, -0.2) is 0 Å². The van der Waals surface area contributed by atoms with Gasteiger partial charge in [0.05, 0.1) is 25.4 Å². The van der Waals surface area contributed by atoms with Crippen LogP contribution in [0.2, 0.25) is 0 Å². The minimum atomic E-state index is -0.283. The first-order valence-electron chi connectivity index (χ1n) is 10.7. The van der Waals surface area contributed by atoms with Crippen molar-refractivity contribution in [1.82, 2.24) is 0 Å². The number of aliphatic hydroxyl groups excluding tert-OH is 1. The normalized spacial score (nSPS) is 21.4. The molecule has 156 valence electrons. The van der Waals surface area contributed by atoms with Gasteiger partial charge in [0.25, 0.3) is 0 Å². The van der Waals surface area contributed by atoms with Crippen molar-refractivity contribution in [3.8, 4) is 16.9 Å². The molecule has 3 atom stereocenters. The Morgan fingerprint density at radius 2 is 1.60 bits per heavy atom. The molecule has 30 heavy (non-hydrogen) atoms. The van der Waals surface area contributed by atoms with Crippen LogP contribution in [0.15, 0.2) is 66.7 Å². The zero-order chi connectivity index (χ0) is 21.1. The monoisotopic (exact) mass is 402 g/mol. The molecule has 1 aliphatic rings. The molecule has 1 fully saturated rings. The fraction of sp³-hybridized carbons (Fsp3) is 0.333. The van der Waals surface area contributed by atoms with Gasteiger partial charge in [0.15, 0.2) is 0 Å². The van der Waals surface area contributed by atoms with Gasteiger partial charge < -0.3 is 14.6 Å². The average Bonchev–Trinajstić information content (AvgIpc) is 2.75. The van der Waals surface area contributed by atoms with Gasteiger partial charge in [-0.2, -0.15) is 0 Å². The topological polar surface area (TPSA) is 38.7 Å². The molecular formula is C27H30O3. The number of benzene rings is 3. The van der Waals surface area contributed by atoms with Gasteiger partial charge in [-0.1, -0.05) is 54.6 Å². The number of aryl methyl sites for hydroxylation is 1. The zero-order valence-electron chi connectivity index (χ0n) is 18.0. The molecule has 4 rings (SSSR count). The van der Waals surface area contributed by atoms with E-state index in [4.69, 9.17) is 9.47 Å². The van der Waals surface area contributed by atoms with Crippen LogP contribution >= 0.6 is 0 Å². The number of hydrogen-bond acceptors (Lipinski definition) is 3. The number of rotatable bonds is 5. The number of hydrogen-bond donors (Lipinski definition) is 1. The number of ether oxygens (including phenoxy) is 2. The Morgan fingerprint density at radius 3 is 2.23 bits per heavy atom. The van der Waals surface area contributed by atoms with Gasteiger partial charge in [0.1, 0.15) is 5.75 Å². The molecule has 3 aromatic rings. The predicted molar refractivity (Wildman–Crippen MR) is 121 cm³/mol. The van der Waals surface area contributed by atoms with E-state index in [1.165, 1.54) is 27.8 Å². The highest BCUT2D eigenvalue weighted by Gasteiger charge is 2.27. The van der Waals surface area contributed by atoms with Gasteiger partial charge >= 0.3 is 0 Å². The molecule has 0 aliphatic carbocycles. The van der Waals surface area contributed by atoms with E-state index in [1.807, 2.05) is 19.1 Å². The lowest BCUT2D eigenvalue weighted by molar-refractivity contribution is -0.0895. The highest BCUT2D eigenvalue weighted by atomic mass is 16.5. The molecule has 0 aromatic heterocycles. The average molecular weight is 403 g/mol. The van der Waals surface area contributed by atoms with Crippen molar-refractivity contribution < 1.29 is 14.6 Å². The summed E-state index contributed by atoms with van der Waals surface area (Å²) in [5.74, 6) is 0.870. The third-order valence-corrected chi connectivity index (χ3v) is 6.00. The first-order chi connectivity index (χ1) is 14.5. The lowest BCUT2D eigenvalue weighted by atomic mass is 9.92. The molecule has 3 nitrogen and oxygen atoms in total. The van der Waals surface area contributed by atoms with E-state index in [2.05, 4.69) is 61.5 Å². The second kappa shape index (κ2) is 9.03. The van der Waals surface area contributed by atoms with Gasteiger partial charge in [-0.3, -0.25) is 0 Å². The summed E-state index contributed by atoms with van der Waals surface area (Å²) in [6.45, 7) is 4.19. The van der Waals surface area contributed by atoms with Crippen LogP contribution in [-0.4, -0.2) is 24.4 Å². The van der Waals surface area contributed by atoms with Gasteiger partial charge in [0, 0.05) is 6.42 Å². The summed E-state index contributed by atoms with van der Waals surface area (Å²) in [6.07, 6.45) is 2.05. The number of aliphatic hydroxyl groups is 1. The maximum atomic E-state index is 10.1. The summed E-state index contributed by atoms with van der Waals surface area (Å²) in [5.41, 5.74) is 7.41. The van der Waals surface area contributed by atoms with Crippen molar-refractivity contribution in [2.45, 2.75) is 51.4 Å². The molecule has 1 saturated heterocycles. The maximum Gasteiger partial charge on any atom is 0.118 e. The first-order valence-corrected chi connectivity index (χ1v) is 10.7. The molecular weight excluding hydrogens is 372 g/mol. The summed E-state index contributed by atoms with van der Waals surface area (Å²) in [7, 11) is 1.68. The SMILES string of the molecule is COc1ccc(-c2ccc(Cc3cc(C4CC(O)CC(C)O4)ccc3C)cc2)cc1. The van der Waals surface area contributed by atoms with Crippen molar-refractivity contribution in [3.05, 3.63) is 89.0 Å². The van der Waals surface area contributed by atoms with Crippen molar-refractivity contribution in [2.75, 3.05) is 7.11 Å². The summed E-state index contributed by atoms with van der Waals surface area (Å²) in [5, 5.41) is 10.1. The molecule has 0 spiro atoms. The Morgan fingerprint density at radius 1 is 0.933 bits per heavy atom. The first kappa shape index (κ1) is 20.6. The van der Waals surface area contributed by atoms with E-state index in [0.717, 1.165) is 24.2 Å². The van der Waals surface area contributed by atoms with E-state index in [0.29, 0.717) is 6.42 Å². The Bertz CT molecular complexity index is 966. The lowest BCUT2D eigenvalue weighted by Crippen LogP contribution is -2.29. The van der Waals surface area contributed by atoms with Crippen LogP contribution in [0.3, 0.4) is 0 Å². The molecule has 3 heteroatoms. The molecule has 1 heterocycles. The molecule has 0 radical (unpaired) electrons. The van der Waals surface area contributed by atoms with Crippen LogP contribution in [0.25, 0.3) is 11.1 Å². The smallest absolute Gasteiger partial charge is 0.118 e. The van der Waals surface area contributed by atoms with E-state index >= 15 is 0 Å². The fourth-order valence-corrected chi connectivity index (χ4v) is 4.23. The third kappa shape index (κ3) is 4.75. The van der Waals surface area contributed by atoms with Crippen molar-refractivity contribution >= 4 is 0 Å². The van der Waals surface area contributed by atoms with E-state index in [-0.39, 0.29) is 18.3 Å². The zero-order valence-corrected chi connectivity index (χ0v) is 18.0. The number of methoxy groups -OCH3 is 1. The fourth-order valence-electron chi connectivity index (χ4n) is 4.23. The van der Waals surface area contributed by atoms with Crippen LogP contribution in [0.1, 0.15) is 48.1 Å². The lowest BCUT2D eigenvalue weighted by Gasteiger charge is -2.32.